The number of carboxylic acid groups (broad SMARTS) is 1. The van der Waals surface area contributed by atoms with Crippen molar-refractivity contribution in [3.8, 4) is 6.07 Å². The van der Waals surface area contributed by atoms with Gasteiger partial charge in [-0.3, -0.25) is 4.79 Å². The molecule has 5 aromatic rings. The highest BCUT2D eigenvalue weighted by Crippen LogP contribution is 2.36. The van der Waals surface area contributed by atoms with Crippen molar-refractivity contribution in [3.05, 3.63) is 150 Å². The second-order valence-corrected chi connectivity index (χ2v) is 9.48. The third-order valence-corrected chi connectivity index (χ3v) is 6.72. The van der Waals surface area contributed by atoms with Crippen LogP contribution in [0.15, 0.2) is 133 Å². The van der Waals surface area contributed by atoms with Crippen LogP contribution in [0.25, 0.3) is 22.9 Å². The number of carbonyl (C=O) groups is 1. The predicted octanol–water partition coefficient (Wildman–Crippen LogP) is 8.80. The van der Waals surface area contributed by atoms with Crippen molar-refractivity contribution in [2.24, 2.45) is 5.92 Å². The van der Waals surface area contributed by atoms with E-state index in [0.717, 1.165) is 33.8 Å². The molecule has 5 rings (SSSR count). The highest BCUT2D eigenvalue weighted by atomic mass is 16.4. The van der Waals surface area contributed by atoms with Crippen molar-refractivity contribution in [2.45, 2.75) is 6.42 Å². The zero-order valence-electron chi connectivity index (χ0n) is 21.9. The number of fused-ring (bicyclic) bond motifs is 1. The Morgan fingerprint density at radius 2 is 1.25 bits per heavy atom. The van der Waals surface area contributed by atoms with Crippen LogP contribution in [0, 0.1) is 17.2 Å². The van der Waals surface area contributed by atoms with Crippen LogP contribution in [-0.2, 0) is 11.2 Å². The second kappa shape index (κ2) is 12.4. The predicted molar refractivity (Wildman–Crippen MR) is 164 cm³/mol. The number of hydrogen-bond acceptors (Lipinski definition) is 3. The van der Waals surface area contributed by atoms with E-state index in [-0.39, 0.29) is 6.42 Å². The van der Waals surface area contributed by atoms with Crippen LogP contribution >= 0.6 is 0 Å². The molecule has 194 valence electrons. The third-order valence-electron chi connectivity index (χ3n) is 6.72. The molecule has 1 N–H and O–H groups in total. The van der Waals surface area contributed by atoms with Crippen LogP contribution in [0.4, 0.5) is 17.1 Å². The van der Waals surface area contributed by atoms with Crippen LogP contribution in [-0.4, -0.2) is 11.1 Å². The molecule has 1 unspecified atom stereocenters. The van der Waals surface area contributed by atoms with Crippen LogP contribution < -0.4 is 4.90 Å². The lowest BCUT2D eigenvalue weighted by Crippen LogP contribution is -2.14. The summed E-state index contributed by atoms with van der Waals surface area (Å²) in [7, 11) is 0. The Hall–Kier alpha value is -5.40. The quantitative estimate of drug-likeness (QED) is 0.197. The minimum absolute atomic E-state index is 0.203. The van der Waals surface area contributed by atoms with Crippen molar-refractivity contribution in [3.63, 3.8) is 0 Å². The Bertz CT molecular complexity index is 1700. The van der Waals surface area contributed by atoms with Gasteiger partial charge in [0, 0.05) is 17.1 Å². The molecule has 0 spiro atoms. The Morgan fingerprint density at radius 3 is 1.88 bits per heavy atom. The molecule has 0 radical (unpaired) electrons. The standard InChI is InChI=1S/C36H28N2O2/c37-26-32(36(39)40)24-29-16-14-27(15-17-29)8-4-5-9-28-18-21-34(22-19-28)38(33-12-2-1-3-13-33)35-23-20-30-10-6-7-11-31(30)25-35/h1-23,25,32H,24H2,(H,39,40)/b8-4+,9-5+. The molecule has 0 aliphatic rings. The maximum Gasteiger partial charge on any atom is 0.321 e. The van der Waals surface area contributed by atoms with E-state index in [1.54, 1.807) is 0 Å². The SMILES string of the molecule is N#CC(Cc1ccc(/C=C/C=C/c2ccc(N(c3ccccc3)c3ccc4ccccc4c3)cc2)cc1)C(=O)O. The van der Waals surface area contributed by atoms with Gasteiger partial charge in [-0.2, -0.15) is 5.26 Å². The Labute approximate surface area is 234 Å². The minimum atomic E-state index is -1.09. The van der Waals surface area contributed by atoms with E-state index < -0.39 is 11.9 Å². The van der Waals surface area contributed by atoms with Crippen molar-refractivity contribution >= 4 is 46.0 Å². The number of anilines is 3. The molecule has 40 heavy (non-hydrogen) atoms. The molecule has 0 aromatic heterocycles. The second-order valence-electron chi connectivity index (χ2n) is 9.48. The maximum absolute atomic E-state index is 11.1. The molecular formula is C36H28N2O2. The minimum Gasteiger partial charge on any atom is -0.480 e. The Kier molecular flexibility index (Phi) is 8.15. The van der Waals surface area contributed by atoms with Gasteiger partial charge in [0.05, 0.1) is 6.07 Å². The summed E-state index contributed by atoms with van der Waals surface area (Å²) < 4.78 is 0. The van der Waals surface area contributed by atoms with Crippen LogP contribution in [0.2, 0.25) is 0 Å². The molecular weight excluding hydrogens is 492 g/mol. The summed E-state index contributed by atoms with van der Waals surface area (Å²) in [5.74, 6) is -2.12. The molecule has 5 aromatic carbocycles. The number of para-hydroxylation sites is 1. The van der Waals surface area contributed by atoms with Gasteiger partial charge in [-0.1, -0.05) is 109 Å². The number of nitrogens with zero attached hydrogens (tertiary/aromatic N) is 2. The lowest BCUT2D eigenvalue weighted by molar-refractivity contribution is -0.139. The number of nitriles is 1. The zero-order chi connectivity index (χ0) is 27.7. The van der Waals surface area contributed by atoms with E-state index >= 15 is 0 Å². The lowest BCUT2D eigenvalue weighted by Gasteiger charge is -2.26. The molecule has 0 amide bonds. The van der Waals surface area contributed by atoms with Crippen molar-refractivity contribution in [2.75, 3.05) is 4.90 Å². The Balaban J connectivity index is 1.30. The van der Waals surface area contributed by atoms with Gasteiger partial charge in [0.1, 0.15) is 5.92 Å². The largest absolute Gasteiger partial charge is 0.480 e. The highest BCUT2D eigenvalue weighted by molar-refractivity contribution is 5.89. The van der Waals surface area contributed by atoms with Crippen LogP contribution in [0.5, 0.6) is 0 Å². The number of benzene rings is 5. The fourth-order valence-electron chi connectivity index (χ4n) is 4.60. The molecule has 1 atom stereocenters. The third kappa shape index (κ3) is 6.35. The summed E-state index contributed by atoms with van der Waals surface area (Å²) in [6.07, 6.45) is 8.22. The molecule has 0 heterocycles. The average Bonchev–Trinajstić information content (AvgIpc) is 3.00. The van der Waals surface area contributed by atoms with Gasteiger partial charge < -0.3 is 10.0 Å². The monoisotopic (exact) mass is 520 g/mol. The van der Waals surface area contributed by atoms with E-state index in [0.29, 0.717) is 0 Å². The molecule has 0 fully saturated rings. The first kappa shape index (κ1) is 26.2. The first-order valence-corrected chi connectivity index (χ1v) is 13.1. The fraction of sp³-hybridized carbons (Fsp3) is 0.0556. The first-order valence-electron chi connectivity index (χ1n) is 13.1. The molecule has 0 aliphatic heterocycles. The van der Waals surface area contributed by atoms with E-state index in [4.69, 9.17) is 10.4 Å². The van der Waals surface area contributed by atoms with E-state index in [2.05, 4.69) is 102 Å². The number of rotatable bonds is 9. The zero-order valence-corrected chi connectivity index (χ0v) is 21.9. The molecule has 0 saturated heterocycles. The van der Waals surface area contributed by atoms with E-state index in [9.17, 15) is 4.79 Å². The summed E-state index contributed by atoms with van der Waals surface area (Å²) in [4.78, 5) is 13.3. The van der Waals surface area contributed by atoms with Crippen molar-refractivity contribution < 1.29 is 9.90 Å². The molecule has 0 aliphatic carbocycles. The van der Waals surface area contributed by atoms with Gasteiger partial charge in [-0.25, -0.2) is 0 Å². The van der Waals surface area contributed by atoms with Gasteiger partial charge in [-0.15, -0.1) is 0 Å². The normalized spacial score (nSPS) is 12.0. The van der Waals surface area contributed by atoms with Crippen molar-refractivity contribution in [1.29, 1.82) is 5.26 Å². The highest BCUT2D eigenvalue weighted by Gasteiger charge is 2.16. The average molecular weight is 521 g/mol. The molecule has 4 nitrogen and oxygen atoms in total. The maximum atomic E-state index is 11.1. The molecule has 0 bridgehead atoms. The van der Waals surface area contributed by atoms with Gasteiger partial charge in [-0.05, 0) is 70.3 Å². The summed E-state index contributed by atoms with van der Waals surface area (Å²) in [5, 5.41) is 20.5. The lowest BCUT2D eigenvalue weighted by atomic mass is 10.00. The number of aliphatic carboxylic acids is 1. The van der Waals surface area contributed by atoms with Crippen LogP contribution in [0.3, 0.4) is 0 Å². The molecule has 4 heteroatoms. The smallest absolute Gasteiger partial charge is 0.321 e. The number of hydrogen-bond donors (Lipinski definition) is 1. The van der Waals surface area contributed by atoms with Crippen molar-refractivity contribution in [1.82, 2.24) is 0 Å². The van der Waals surface area contributed by atoms with Crippen LogP contribution in [0.1, 0.15) is 16.7 Å². The van der Waals surface area contributed by atoms with Gasteiger partial charge in [0.2, 0.25) is 0 Å². The number of allylic oxidation sites excluding steroid dienone is 2. The fourth-order valence-corrected chi connectivity index (χ4v) is 4.60. The van der Waals surface area contributed by atoms with E-state index in [1.165, 1.54) is 10.8 Å². The summed E-state index contributed by atoms with van der Waals surface area (Å²) in [6, 6.07) is 43.2. The van der Waals surface area contributed by atoms with Gasteiger partial charge in [0.15, 0.2) is 0 Å². The summed E-state index contributed by atoms with van der Waals surface area (Å²) in [6.45, 7) is 0. The van der Waals surface area contributed by atoms with E-state index in [1.807, 2.05) is 54.6 Å². The Morgan fingerprint density at radius 1 is 0.700 bits per heavy atom. The molecule has 0 saturated carbocycles. The van der Waals surface area contributed by atoms with Gasteiger partial charge >= 0.3 is 5.97 Å². The van der Waals surface area contributed by atoms with Gasteiger partial charge in [0.25, 0.3) is 0 Å². The summed E-state index contributed by atoms with van der Waals surface area (Å²) >= 11 is 0. The number of carboxylic acids is 1. The summed E-state index contributed by atoms with van der Waals surface area (Å²) in [5.41, 5.74) is 6.20. The first-order chi connectivity index (χ1) is 19.6. The topological polar surface area (TPSA) is 64.3 Å².